The van der Waals surface area contributed by atoms with Crippen molar-refractivity contribution in [3.8, 4) is 17.2 Å². The number of amides is 2. The van der Waals surface area contributed by atoms with E-state index in [1.807, 2.05) is 25.2 Å². The third-order valence-corrected chi connectivity index (χ3v) is 9.38. The SMILES string of the molecule is COc1cc(OC)c2c(c1)O[C@]1(c3ccc(Cl)cc3)[C@@H](c3cccc(F)c3)C[C@H](C3CN(C)CCN3C(N)=O)[C@@]21O. The first-order chi connectivity index (χ1) is 19.6. The summed E-state index contributed by atoms with van der Waals surface area (Å²) in [4.78, 5) is 16.5. The normalized spacial score (nSPS) is 29.0. The van der Waals surface area contributed by atoms with Crippen LogP contribution in [0, 0.1) is 11.7 Å². The average Bonchev–Trinajstić information content (AvgIpc) is 3.37. The highest BCUT2D eigenvalue weighted by Crippen LogP contribution is 2.71. The fourth-order valence-electron chi connectivity index (χ4n) is 7.40. The molecule has 1 aliphatic carbocycles. The molecule has 1 unspecified atom stereocenters. The van der Waals surface area contributed by atoms with Gasteiger partial charge in [-0.3, -0.25) is 0 Å². The van der Waals surface area contributed by atoms with Crippen LogP contribution in [0.25, 0.3) is 0 Å². The van der Waals surface area contributed by atoms with Gasteiger partial charge in [-0.25, -0.2) is 9.18 Å². The lowest BCUT2D eigenvalue weighted by Gasteiger charge is -2.47. The second kappa shape index (κ2) is 10.1. The number of ether oxygens (including phenoxy) is 3. The Bertz CT molecular complexity index is 1490. The van der Waals surface area contributed by atoms with Gasteiger partial charge in [0.05, 0.1) is 25.8 Å². The van der Waals surface area contributed by atoms with E-state index in [-0.39, 0.29) is 0 Å². The Morgan fingerprint density at radius 1 is 1.12 bits per heavy atom. The molecule has 0 radical (unpaired) electrons. The van der Waals surface area contributed by atoms with Gasteiger partial charge in [0.25, 0.3) is 0 Å². The summed E-state index contributed by atoms with van der Waals surface area (Å²) in [5, 5.41) is 14.0. The lowest BCUT2D eigenvalue weighted by molar-refractivity contribution is -0.142. The third-order valence-electron chi connectivity index (χ3n) is 9.12. The molecule has 2 amide bonds. The number of hydrogen-bond acceptors (Lipinski definition) is 6. The van der Waals surface area contributed by atoms with Crippen molar-refractivity contribution in [1.29, 1.82) is 0 Å². The van der Waals surface area contributed by atoms with Crippen LogP contribution in [0.1, 0.15) is 29.0 Å². The van der Waals surface area contributed by atoms with Crippen molar-refractivity contribution >= 4 is 17.6 Å². The van der Waals surface area contributed by atoms with Crippen molar-refractivity contribution < 1.29 is 28.5 Å². The van der Waals surface area contributed by atoms with Crippen LogP contribution in [0.15, 0.2) is 60.7 Å². The number of nitrogens with two attached hydrogens (primary N) is 1. The largest absolute Gasteiger partial charge is 0.496 e. The number of hydrogen-bond donors (Lipinski definition) is 2. The molecule has 216 valence electrons. The summed E-state index contributed by atoms with van der Waals surface area (Å²) in [6, 6.07) is 15.9. The molecule has 3 N–H and O–H groups in total. The van der Waals surface area contributed by atoms with Crippen molar-refractivity contribution in [1.82, 2.24) is 9.80 Å². The summed E-state index contributed by atoms with van der Waals surface area (Å²) in [5.41, 5.74) is 4.53. The number of urea groups is 1. The van der Waals surface area contributed by atoms with E-state index in [9.17, 15) is 14.3 Å². The van der Waals surface area contributed by atoms with Crippen molar-refractivity contribution in [2.45, 2.75) is 29.6 Å². The molecule has 6 rings (SSSR count). The number of carbonyl (C=O) groups excluding carboxylic acids is 1. The maximum atomic E-state index is 14.8. The van der Waals surface area contributed by atoms with Crippen LogP contribution in [0.3, 0.4) is 0 Å². The predicted octanol–water partition coefficient (Wildman–Crippen LogP) is 4.47. The fourth-order valence-corrected chi connectivity index (χ4v) is 7.53. The Kier molecular flexibility index (Phi) is 6.79. The standard InChI is InChI=1S/C31H33ClFN3O5/c1-35-11-12-36(29(34)37)25(17-35)24-16-23(18-5-4-6-21(33)13-18)31(19-7-9-20(32)10-8-19)30(24,38)28-26(40-3)14-22(39-2)15-27(28)41-31/h4-10,13-15,23-25,38H,11-12,16-17H2,1-3H3,(H2,34,37)/t23-,24-,25?,30-,31-/m1/s1. The molecule has 5 atom stereocenters. The zero-order valence-electron chi connectivity index (χ0n) is 23.1. The molecule has 1 saturated heterocycles. The van der Waals surface area contributed by atoms with E-state index in [2.05, 4.69) is 4.90 Å². The summed E-state index contributed by atoms with van der Waals surface area (Å²) in [6.45, 7) is 1.54. The third kappa shape index (κ3) is 4.05. The molecule has 0 bridgehead atoms. The van der Waals surface area contributed by atoms with Crippen molar-refractivity contribution in [3.63, 3.8) is 0 Å². The smallest absolute Gasteiger partial charge is 0.315 e. The minimum Gasteiger partial charge on any atom is -0.496 e. The molecule has 2 aliphatic heterocycles. The second-order valence-corrected chi connectivity index (χ2v) is 11.6. The van der Waals surface area contributed by atoms with E-state index < -0.39 is 40.9 Å². The van der Waals surface area contributed by atoms with Gasteiger partial charge in [-0.2, -0.15) is 0 Å². The van der Waals surface area contributed by atoms with E-state index in [0.717, 1.165) is 0 Å². The summed E-state index contributed by atoms with van der Waals surface area (Å²) in [5.74, 6) is -0.237. The van der Waals surface area contributed by atoms with Gasteiger partial charge in [-0.1, -0.05) is 35.9 Å². The van der Waals surface area contributed by atoms with E-state index >= 15 is 0 Å². The second-order valence-electron chi connectivity index (χ2n) is 11.1. The lowest BCUT2D eigenvalue weighted by Crippen LogP contribution is -2.62. The quantitative estimate of drug-likeness (QED) is 0.461. The number of likely N-dealkylation sites (N-methyl/N-ethyl adjacent to an activating group) is 1. The van der Waals surface area contributed by atoms with Gasteiger partial charge in [0.15, 0.2) is 5.60 Å². The van der Waals surface area contributed by atoms with Crippen molar-refractivity contribution in [2.75, 3.05) is 40.9 Å². The van der Waals surface area contributed by atoms with Crippen LogP contribution in [0.4, 0.5) is 9.18 Å². The molecule has 41 heavy (non-hydrogen) atoms. The van der Waals surface area contributed by atoms with Gasteiger partial charge in [0.2, 0.25) is 0 Å². The average molecular weight is 582 g/mol. The number of fused-ring (bicyclic) bond motifs is 3. The van der Waals surface area contributed by atoms with Gasteiger partial charge >= 0.3 is 6.03 Å². The molecule has 3 aromatic rings. The van der Waals surface area contributed by atoms with Gasteiger partial charge in [0.1, 0.15) is 28.7 Å². The van der Waals surface area contributed by atoms with Crippen LogP contribution in [-0.2, 0) is 11.2 Å². The van der Waals surface area contributed by atoms with Gasteiger partial charge in [-0.05, 0) is 48.9 Å². The molecule has 2 heterocycles. The molecule has 0 spiro atoms. The zero-order chi connectivity index (χ0) is 29.1. The van der Waals surface area contributed by atoms with Crippen molar-refractivity contribution in [2.24, 2.45) is 11.7 Å². The summed E-state index contributed by atoms with van der Waals surface area (Å²) in [7, 11) is 5.05. The first-order valence-corrected chi connectivity index (χ1v) is 14.0. The maximum absolute atomic E-state index is 14.8. The van der Waals surface area contributed by atoms with E-state index in [1.165, 1.54) is 19.2 Å². The van der Waals surface area contributed by atoms with Crippen LogP contribution in [0.5, 0.6) is 17.2 Å². The molecule has 2 fully saturated rings. The predicted molar refractivity (Wildman–Crippen MR) is 152 cm³/mol. The Hall–Kier alpha value is -3.53. The number of methoxy groups -OCH3 is 2. The highest BCUT2D eigenvalue weighted by molar-refractivity contribution is 6.30. The lowest BCUT2D eigenvalue weighted by atomic mass is 9.68. The number of nitrogens with zero attached hydrogens (tertiary/aromatic N) is 2. The van der Waals surface area contributed by atoms with Gasteiger partial charge in [0, 0.05) is 48.6 Å². The number of aliphatic hydroxyl groups is 1. The molecule has 3 aliphatic rings. The monoisotopic (exact) mass is 581 g/mol. The number of piperazine rings is 1. The molecule has 10 heteroatoms. The first kappa shape index (κ1) is 27.6. The minimum absolute atomic E-state index is 0.374. The summed E-state index contributed by atoms with van der Waals surface area (Å²) < 4.78 is 33.1. The Morgan fingerprint density at radius 2 is 1.88 bits per heavy atom. The maximum Gasteiger partial charge on any atom is 0.315 e. The van der Waals surface area contributed by atoms with Crippen LogP contribution in [-0.4, -0.2) is 67.9 Å². The fraction of sp³-hybridized carbons (Fsp3) is 0.387. The number of carbonyl (C=O) groups is 1. The zero-order valence-corrected chi connectivity index (χ0v) is 23.9. The number of benzene rings is 3. The number of rotatable bonds is 5. The molecule has 3 aromatic carbocycles. The van der Waals surface area contributed by atoms with E-state index in [4.69, 9.17) is 31.5 Å². The van der Waals surface area contributed by atoms with Crippen LogP contribution in [0.2, 0.25) is 5.02 Å². The molecule has 1 saturated carbocycles. The molecule has 8 nitrogen and oxygen atoms in total. The Balaban J connectivity index is 1.68. The van der Waals surface area contributed by atoms with Crippen LogP contribution < -0.4 is 19.9 Å². The molecule has 0 aromatic heterocycles. The number of halogens is 2. The van der Waals surface area contributed by atoms with Crippen LogP contribution >= 0.6 is 11.6 Å². The van der Waals surface area contributed by atoms with E-state index in [0.29, 0.717) is 65.0 Å². The summed E-state index contributed by atoms with van der Waals surface area (Å²) in [6.07, 6.45) is 0.374. The highest BCUT2D eigenvalue weighted by atomic mass is 35.5. The highest BCUT2D eigenvalue weighted by Gasteiger charge is 2.75. The van der Waals surface area contributed by atoms with Crippen molar-refractivity contribution in [3.05, 3.63) is 88.2 Å². The Morgan fingerprint density at radius 3 is 2.54 bits per heavy atom. The number of primary amides is 1. The molecular weight excluding hydrogens is 549 g/mol. The Labute approximate surface area is 243 Å². The van der Waals surface area contributed by atoms with Gasteiger partial charge in [-0.15, -0.1) is 0 Å². The minimum atomic E-state index is -1.73. The van der Waals surface area contributed by atoms with E-state index in [1.54, 1.807) is 42.3 Å². The first-order valence-electron chi connectivity index (χ1n) is 13.6. The van der Waals surface area contributed by atoms with Gasteiger partial charge < -0.3 is 34.9 Å². The summed E-state index contributed by atoms with van der Waals surface area (Å²) >= 11 is 6.31. The molecular formula is C31H33ClFN3O5. The topological polar surface area (TPSA) is 97.5 Å².